The number of amides is 1. The second kappa shape index (κ2) is 22.2. The van der Waals surface area contributed by atoms with Gasteiger partial charge in [0.05, 0.1) is 0 Å². The van der Waals surface area contributed by atoms with Crippen molar-refractivity contribution in [3.05, 3.63) is 12.3 Å². The molecule has 1 N–H and O–H groups in total. The summed E-state index contributed by atoms with van der Waals surface area (Å²) in [6.45, 7) is 39.3. The van der Waals surface area contributed by atoms with Gasteiger partial charge in [-0.05, 0) is 124 Å². The van der Waals surface area contributed by atoms with E-state index < -0.39 is 0 Å². The van der Waals surface area contributed by atoms with Crippen molar-refractivity contribution < 1.29 is 19.2 Å². The number of piperidine rings is 2. The molecule has 5 aliphatic rings. The lowest BCUT2D eigenvalue weighted by molar-refractivity contribution is -0.138. The lowest BCUT2D eigenvalue weighted by Crippen LogP contribution is -2.47. The monoisotopic (exact) mass is 771 g/mol. The first-order chi connectivity index (χ1) is 25.0. The molecule has 3 aliphatic carbocycles. The van der Waals surface area contributed by atoms with Crippen molar-refractivity contribution in [1.29, 1.82) is 0 Å². The molecule has 2 heterocycles. The first-order valence-corrected chi connectivity index (χ1v) is 22.3. The van der Waals surface area contributed by atoms with Gasteiger partial charge in [-0.15, -0.1) is 0 Å². The van der Waals surface area contributed by atoms with Crippen LogP contribution in [0.15, 0.2) is 12.3 Å². The second-order valence-electron chi connectivity index (χ2n) is 22.8. The maximum atomic E-state index is 11.4. The van der Waals surface area contributed by atoms with Gasteiger partial charge in [-0.3, -0.25) is 19.2 Å². The van der Waals surface area contributed by atoms with Crippen LogP contribution < -0.4 is 5.32 Å². The molecule has 0 spiro atoms. The SMILES string of the molecule is C=C1CC(C(C)(C)C)CCN1.CC(C)(C)C1CCC(=O)CC1.CC(C)(C)C1CCCC(=O)C1.CC(C)(C)C1CCCCC1=O.CC(C)(C)N1CCCCC1=O. The Balaban J connectivity index is 0.000000344. The average Bonchev–Trinajstić information content (AvgIpc) is 3.04. The second-order valence-corrected chi connectivity index (χ2v) is 22.8. The van der Waals surface area contributed by atoms with E-state index in [0.717, 1.165) is 108 Å². The average molecular weight is 771 g/mol. The number of rotatable bonds is 0. The Labute approximate surface area is 341 Å². The van der Waals surface area contributed by atoms with E-state index in [1.165, 1.54) is 31.4 Å². The maximum absolute atomic E-state index is 11.4. The Hall–Kier alpha value is -1.98. The number of ketones is 3. The lowest BCUT2D eigenvalue weighted by atomic mass is 9.72. The predicted molar refractivity (Wildman–Crippen MR) is 234 cm³/mol. The van der Waals surface area contributed by atoms with Gasteiger partial charge in [-0.25, -0.2) is 0 Å². The van der Waals surface area contributed by atoms with E-state index in [4.69, 9.17) is 0 Å². The molecular weight excluding hydrogens is 681 g/mol. The third-order valence-corrected chi connectivity index (χ3v) is 12.8. The minimum atomic E-state index is 0.0253. The summed E-state index contributed by atoms with van der Waals surface area (Å²) in [5.41, 5.74) is 2.62. The topological polar surface area (TPSA) is 83.6 Å². The van der Waals surface area contributed by atoms with Gasteiger partial charge in [0.2, 0.25) is 5.91 Å². The highest BCUT2D eigenvalue weighted by atomic mass is 16.2. The third-order valence-electron chi connectivity index (χ3n) is 12.8. The molecule has 0 radical (unpaired) electrons. The zero-order chi connectivity index (χ0) is 42.4. The minimum Gasteiger partial charge on any atom is -0.389 e. The van der Waals surface area contributed by atoms with Gasteiger partial charge in [0.25, 0.3) is 0 Å². The van der Waals surface area contributed by atoms with Crippen LogP contribution in [0.5, 0.6) is 0 Å². The summed E-state index contributed by atoms with van der Waals surface area (Å²) in [6.07, 6.45) is 17.6. The summed E-state index contributed by atoms with van der Waals surface area (Å²) >= 11 is 0. The molecule has 5 rings (SSSR count). The van der Waals surface area contributed by atoms with Crippen molar-refractivity contribution in [1.82, 2.24) is 10.2 Å². The van der Waals surface area contributed by atoms with Crippen LogP contribution in [0.1, 0.15) is 213 Å². The summed E-state index contributed by atoms with van der Waals surface area (Å²) in [5.74, 6) is 4.28. The Kier molecular flexibility index (Phi) is 20.6. The summed E-state index contributed by atoms with van der Waals surface area (Å²) in [5, 5.41) is 3.29. The van der Waals surface area contributed by atoms with Crippen molar-refractivity contribution in [3.8, 4) is 0 Å². The van der Waals surface area contributed by atoms with Crippen LogP contribution in [0, 0.1) is 45.3 Å². The Morgan fingerprint density at radius 1 is 0.509 bits per heavy atom. The fourth-order valence-electron chi connectivity index (χ4n) is 8.62. The number of carbonyl (C=O) groups is 4. The molecule has 3 atom stereocenters. The highest BCUT2D eigenvalue weighted by molar-refractivity contribution is 5.82. The standard InChI is InChI=1S/C10H19N.3C10H18O.C9H17NO/c1-8-7-9(5-6-11-8)10(2,3)4;1-10(2,3)8-4-6-9(11)7-5-8;1-10(2,3)8-5-4-6-9(11)7-8;1-10(2,3)8-6-4-5-7-9(8)11;1-9(2,3)10-7-5-4-6-8(10)11/h9,11H,1,5-7H2,2-4H3;3*8H,4-7H2,1-3H3;4-7H2,1-3H3. The highest BCUT2D eigenvalue weighted by Crippen LogP contribution is 2.38. The molecule has 55 heavy (non-hydrogen) atoms. The number of hydrogen-bond acceptors (Lipinski definition) is 5. The summed E-state index contributed by atoms with van der Waals surface area (Å²) in [4.78, 5) is 46.8. The first kappa shape index (κ1) is 51.0. The van der Waals surface area contributed by atoms with Gasteiger partial charge in [0.15, 0.2) is 0 Å². The van der Waals surface area contributed by atoms with Gasteiger partial charge < -0.3 is 10.2 Å². The molecule has 2 aliphatic heterocycles. The molecule has 0 bridgehead atoms. The number of nitrogens with zero attached hydrogens (tertiary/aromatic N) is 1. The number of hydrogen-bond donors (Lipinski definition) is 1. The molecule has 2 saturated heterocycles. The van der Waals surface area contributed by atoms with E-state index in [-0.39, 0.29) is 11.0 Å². The summed E-state index contributed by atoms with van der Waals surface area (Å²) in [7, 11) is 0. The maximum Gasteiger partial charge on any atom is 0.222 e. The van der Waals surface area contributed by atoms with Gasteiger partial charge >= 0.3 is 0 Å². The van der Waals surface area contributed by atoms with Crippen LogP contribution in [-0.4, -0.2) is 46.8 Å². The molecule has 320 valence electrons. The Morgan fingerprint density at radius 2 is 1.04 bits per heavy atom. The molecule has 3 saturated carbocycles. The fraction of sp³-hybridized carbons (Fsp3) is 0.878. The third kappa shape index (κ3) is 20.3. The number of nitrogens with one attached hydrogen (secondary N) is 1. The van der Waals surface area contributed by atoms with Crippen molar-refractivity contribution >= 4 is 23.3 Å². The molecule has 5 fully saturated rings. The molecule has 3 unspecified atom stereocenters. The zero-order valence-electron chi connectivity index (χ0n) is 39.0. The number of allylic oxidation sites excluding steroid dienone is 1. The summed E-state index contributed by atoms with van der Waals surface area (Å²) in [6, 6.07) is 0. The Bertz CT molecular complexity index is 1130. The van der Waals surface area contributed by atoms with E-state index in [9.17, 15) is 19.2 Å². The number of likely N-dealkylation sites (tertiary alicyclic amines) is 1. The molecule has 1 amide bonds. The van der Waals surface area contributed by atoms with E-state index in [0.29, 0.717) is 51.3 Å². The minimum absolute atomic E-state index is 0.0253. The van der Waals surface area contributed by atoms with Crippen molar-refractivity contribution in [2.75, 3.05) is 13.1 Å². The van der Waals surface area contributed by atoms with Crippen molar-refractivity contribution in [2.45, 2.75) is 219 Å². The molecule has 0 aromatic rings. The molecule has 6 heteroatoms. The van der Waals surface area contributed by atoms with Crippen LogP contribution in [0.25, 0.3) is 0 Å². The zero-order valence-corrected chi connectivity index (χ0v) is 39.0. The van der Waals surface area contributed by atoms with Gasteiger partial charge in [-0.2, -0.15) is 0 Å². The molecular formula is C49H90N2O4. The molecule has 0 aromatic carbocycles. The Morgan fingerprint density at radius 3 is 1.40 bits per heavy atom. The first-order valence-electron chi connectivity index (χ1n) is 22.3. The van der Waals surface area contributed by atoms with Crippen LogP contribution in [0.2, 0.25) is 0 Å². The largest absolute Gasteiger partial charge is 0.389 e. The smallest absolute Gasteiger partial charge is 0.222 e. The van der Waals surface area contributed by atoms with Crippen molar-refractivity contribution in [3.63, 3.8) is 0 Å². The number of carbonyl (C=O) groups excluding carboxylic acids is 4. The number of Topliss-reactive ketones (excluding diaryl/α,β-unsaturated/α-hetero) is 3. The van der Waals surface area contributed by atoms with Crippen LogP contribution >= 0.6 is 0 Å². The predicted octanol–water partition coefficient (Wildman–Crippen LogP) is 12.7. The van der Waals surface area contributed by atoms with Gasteiger partial charge in [-0.1, -0.05) is 96.1 Å². The quantitative estimate of drug-likeness (QED) is 0.265. The van der Waals surface area contributed by atoms with E-state index >= 15 is 0 Å². The van der Waals surface area contributed by atoms with Crippen molar-refractivity contribution in [2.24, 2.45) is 45.3 Å². The van der Waals surface area contributed by atoms with E-state index in [1.54, 1.807) is 0 Å². The van der Waals surface area contributed by atoms with E-state index in [1.807, 2.05) is 4.90 Å². The normalized spacial score (nSPS) is 24.7. The molecule has 6 nitrogen and oxygen atoms in total. The fourth-order valence-corrected chi connectivity index (χ4v) is 8.62. The van der Waals surface area contributed by atoms with Crippen LogP contribution in [0.4, 0.5) is 0 Å². The van der Waals surface area contributed by atoms with Crippen LogP contribution in [0.3, 0.4) is 0 Å². The van der Waals surface area contributed by atoms with E-state index in [2.05, 4.69) is 116 Å². The molecule has 0 aromatic heterocycles. The summed E-state index contributed by atoms with van der Waals surface area (Å²) < 4.78 is 0. The highest BCUT2D eigenvalue weighted by Gasteiger charge is 2.33. The van der Waals surface area contributed by atoms with Gasteiger partial charge in [0.1, 0.15) is 17.3 Å². The van der Waals surface area contributed by atoms with Gasteiger partial charge in [0, 0.05) is 68.8 Å². The van der Waals surface area contributed by atoms with Crippen LogP contribution in [-0.2, 0) is 19.2 Å². The lowest BCUT2D eigenvalue weighted by Gasteiger charge is -2.38.